The van der Waals surface area contributed by atoms with Gasteiger partial charge in [0.25, 0.3) is 11.5 Å². The summed E-state index contributed by atoms with van der Waals surface area (Å²) in [6, 6.07) is 16.3. The maximum atomic E-state index is 14.3. The molecule has 1 N–H and O–H groups in total. The number of anilines is 1. The van der Waals surface area contributed by atoms with E-state index >= 15 is 0 Å². The topological polar surface area (TPSA) is 99.0 Å². The summed E-state index contributed by atoms with van der Waals surface area (Å²) in [5, 5.41) is 4.62. The predicted molar refractivity (Wildman–Crippen MR) is 150 cm³/mol. The van der Waals surface area contributed by atoms with E-state index in [0.29, 0.717) is 38.6 Å². The molecule has 39 heavy (non-hydrogen) atoms. The van der Waals surface area contributed by atoms with Crippen molar-refractivity contribution in [3.8, 4) is 5.75 Å². The Balaban J connectivity index is 1.73. The third-order valence-corrected chi connectivity index (χ3v) is 8.12. The Morgan fingerprint density at radius 2 is 1.90 bits per heavy atom. The number of aryl methyl sites for hydroxylation is 1. The lowest BCUT2D eigenvalue weighted by Crippen LogP contribution is -2.40. The van der Waals surface area contributed by atoms with Gasteiger partial charge in [0.2, 0.25) is 0 Å². The molecule has 0 fully saturated rings. The van der Waals surface area contributed by atoms with Crippen LogP contribution < -0.4 is 24.9 Å². The number of thiazole rings is 1. The van der Waals surface area contributed by atoms with Crippen molar-refractivity contribution in [1.29, 1.82) is 0 Å². The lowest BCUT2D eigenvalue weighted by Gasteiger charge is -2.27. The zero-order valence-electron chi connectivity index (χ0n) is 21.8. The van der Waals surface area contributed by atoms with Crippen molar-refractivity contribution >= 4 is 45.2 Å². The molecule has 0 bridgehead atoms. The monoisotopic (exact) mass is 539 g/mol. The minimum atomic E-state index is -0.878. The Kier molecular flexibility index (Phi) is 5.95. The van der Waals surface area contributed by atoms with E-state index in [1.165, 1.54) is 4.57 Å². The standard InChI is InChI=1S/C30H25N3O5S/c1-5-38-29(36)22-16(3)31-30-33(25(22)23-18-9-7-6-8-17(18)11-13-21(23)37-4)28(35)26(39-30)24-19-14-15(2)10-12-20(19)32-27(24)34/h6-14,25H,5H2,1-4H3,(H,32,34)/b26-24-/t25-/m1/s1. The van der Waals surface area contributed by atoms with E-state index in [9.17, 15) is 14.4 Å². The summed E-state index contributed by atoms with van der Waals surface area (Å²) in [4.78, 5) is 45.9. The van der Waals surface area contributed by atoms with Crippen molar-refractivity contribution in [1.82, 2.24) is 4.57 Å². The van der Waals surface area contributed by atoms with Crippen LogP contribution in [0.1, 0.15) is 36.6 Å². The van der Waals surface area contributed by atoms with Gasteiger partial charge in [-0.25, -0.2) is 9.79 Å². The highest BCUT2D eigenvalue weighted by molar-refractivity contribution is 7.07. The van der Waals surface area contributed by atoms with E-state index < -0.39 is 17.6 Å². The summed E-state index contributed by atoms with van der Waals surface area (Å²) in [5.41, 5.74) is 3.54. The van der Waals surface area contributed by atoms with Gasteiger partial charge in [-0.05, 0) is 49.7 Å². The van der Waals surface area contributed by atoms with Crippen LogP contribution in [0.15, 0.2) is 75.7 Å². The lowest BCUT2D eigenvalue weighted by molar-refractivity contribution is -0.139. The number of benzene rings is 3. The molecule has 4 aromatic rings. The minimum Gasteiger partial charge on any atom is -0.496 e. The van der Waals surface area contributed by atoms with Crippen molar-refractivity contribution in [3.05, 3.63) is 102 Å². The Bertz CT molecular complexity index is 1930. The summed E-state index contributed by atoms with van der Waals surface area (Å²) in [7, 11) is 1.56. The number of amides is 1. The van der Waals surface area contributed by atoms with Crippen LogP contribution >= 0.6 is 11.3 Å². The third kappa shape index (κ3) is 3.80. The number of carbonyl (C=O) groups is 2. The van der Waals surface area contributed by atoms with Gasteiger partial charge in [0.15, 0.2) is 4.80 Å². The fourth-order valence-corrected chi connectivity index (χ4v) is 6.50. The second kappa shape index (κ2) is 9.36. The largest absolute Gasteiger partial charge is 0.496 e. The average Bonchev–Trinajstić information content (AvgIpc) is 3.41. The van der Waals surface area contributed by atoms with Crippen LogP contribution in [0.2, 0.25) is 0 Å². The van der Waals surface area contributed by atoms with Gasteiger partial charge < -0.3 is 14.8 Å². The number of fused-ring (bicyclic) bond motifs is 3. The normalized spacial score (nSPS) is 17.4. The Morgan fingerprint density at radius 3 is 2.67 bits per heavy atom. The lowest BCUT2D eigenvalue weighted by atomic mass is 9.90. The molecule has 1 amide bonds. The van der Waals surface area contributed by atoms with Crippen LogP contribution in [0, 0.1) is 6.92 Å². The third-order valence-electron chi connectivity index (χ3n) is 7.06. The molecule has 3 heterocycles. The van der Waals surface area contributed by atoms with Gasteiger partial charge in [-0.2, -0.15) is 0 Å². The maximum Gasteiger partial charge on any atom is 0.338 e. The molecule has 6 rings (SSSR count). The van der Waals surface area contributed by atoms with Crippen LogP contribution in [0.4, 0.5) is 5.69 Å². The van der Waals surface area contributed by atoms with E-state index in [0.717, 1.165) is 27.7 Å². The summed E-state index contributed by atoms with van der Waals surface area (Å²) in [6.07, 6.45) is 0. The van der Waals surface area contributed by atoms with Crippen molar-refractivity contribution in [2.24, 2.45) is 4.99 Å². The number of hydrogen-bond donors (Lipinski definition) is 1. The van der Waals surface area contributed by atoms with E-state index in [4.69, 9.17) is 9.47 Å². The van der Waals surface area contributed by atoms with E-state index in [2.05, 4.69) is 10.3 Å². The maximum absolute atomic E-state index is 14.3. The van der Waals surface area contributed by atoms with Crippen LogP contribution in [-0.2, 0) is 14.3 Å². The molecule has 0 spiro atoms. The highest BCUT2D eigenvalue weighted by Crippen LogP contribution is 2.40. The fourth-order valence-electron chi connectivity index (χ4n) is 5.36. The SMILES string of the molecule is CCOC(=O)C1=C(C)N=c2s/c(=C3\C(=O)Nc4ccc(C)cc43)c(=O)n2[C@H]1c1c(OC)ccc2ccccc12. The Labute approximate surface area is 227 Å². The molecule has 0 radical (unpaired) electrons. The first-order valence-corrected chi connectivity index (χ1v) is 13.4. The van der Waals surface area contributed by atoms with Crippen LogP contribution in [0.3, 0.4) is 0 Å². The van der Waals surface area contributed by atoms with Crippen LogP contribution in [0.25, 0.3) is 16.3 Å². The number of ether oxygens (including phenoxy) is 2. The number of rotatable bonds is 4. The zero-order chi connectivity index (χ0) is 27.4. The summed E-state index contributed by atoms with van der Waals surface area (Å²) < 4.78 is 13.0. The smallest absolute Gasteiger partial charge is 0.338 e. The molecular weight excluding hydrogens is 514 g/mol. The van der Waals surface area contributed by atoms with E-state index in [1.54, 1.807) is 21.0 Å². The highest BCUT2D eigenvalue weighted by atomic mass is 32.1. The van der Waals surface area contributed by atoms with Crippen molar-refractivity contribution in [3.63, 3.8) is 0 Å². The Morgan fingerprint density at radius 1 is 1.10 bits per heavy atom. The molecule has 196 valence electrons. The van der Waals surface area contributed by atoms with Gasteiger partial charge in [-0.1, -0.05) is 53.3 Å². The molecule has 1 aromatic heterocycles. The second-order valence-electron chi connectivity index (χ2n) is 9.40. The molecule has 0 aliphatic carbocycles. The van der Waals surface area contributed by atoms with Gasteiger partial charge in [0.1, 0.15) is 16.3 Å². The molecule has 2 aliphatic heterocycles. The molecule has 0 saturated carbocycles. The van der Waals surface area contributed by atoms with Gasteiger partial charge in [0.05, 0.1) is 30.6 Å². The quantitative estimate of drug-likeness (QED) is 0.400. The van der Waals surface area contributed by atoms with E-state index in [-0.39, 0.29) is 22.6 Å². The first kappa shape index (κ1) is 24.8. The molecule has 0 saturated heterocycles. The fraction of sp³-hybridized carbons (Fsp3) is 0.200. The Hall–Kier alpha value is -4.50. The molecule has 2 aliphatic rings. The molecule has 1 atom stereocenters. The number of nitrogens with zero attached hydrogens (tertiary/aromatic N) is 2. The number of aromatic nitrogens is 1. The van der Waals surface area contributed by atoms with Crippen LogP contribution in [-0.4, -0.2) is 30.2 Å². The van der Waals surface area contributed by atoms with Gasteiger partial charge >= 0.3 is 5.97 Å². The second-order valence-corrected chi connectivity index (χ2v) is 10.4. The molecule has 0 unspecified atom stereocenters. The van der Waals surface area contributed by atoms with Crippen molar-refractivity contribution < 1.29 is 19.1 Å². The molecule has 3 aromatic carbocycles. The number of methoxy groups -OCH3 is 1. The number of carbonyl (C=O) groups excluding carboxylic acids is 2. The molecule has 9 heteroatoms. The van der Waals surface area contributed by atoms with Gasteiger partial charge in [-0.3, -0.25) is 14.2 Å². The zero-order valence-corrected chi connectivity index (χ0v) is 22.6. The van der Waals surface area contributed by atoms with Gasteiger partial charge in [0, 0.05) is 16.8 Å². The number of hydrogen-bond acceptors (Lipinski definition) is 7. The van der Waals surface area contributed by atoms with E-state index in [1.807, 2.05) is 61.5 Å². The molecule has 8 nitrogen and oxygen atoms in total. The summed E-state index contributed by atoms with van der Waals surface area (Å²) >= 11 is 1.14. The first-order valence-electron chi connectivity index (χ1n) is 12.5. The minimum absolute atomic E-state index is 0.167. The summed E-state index contributed by atoms with van der Waals surface area (Å²) in [6.45, 7) is 5.57. The highest BCUT2D eigenvalue weighted by Gasteiger charge is 2.37. The summed E-state index contributed by atoms with van der Waals surface area (Å²) in [5.74, 6) is -0.384. The van der Waals surface area contributed by atoms with Crippen LogP contribution in [0.5, 0.6) is 5.75 Å². The van der Waals surface area contributed by atoms with Gasteiger partial charge in [-0.15, -0.1) is 0 Å². The predicted octanol–water partition coefficient (Wildman–Crippen LogP) is 3.59. The average molecular weight is 540 g/mol. The van der Waals surface area contributed by atoms with Crippen molar-refractivity contribution in [2.45, 2.75) is 26.8 Å². The molecular formula is C30H25N3O5S. The number of esters is 1. The van der Waals surface area contributed by atoms with Crippen molar-refractivity contribution in [2.75, 3.05) is 19.0 Å². The number of nitrogens with one attached hydrogen (secondary N) is 1. The first-order chi connectivity index (χ1) is 18.8. The number of allylic oxidation sites excluding steroid dienone is 1.